The number of rotatable bonds is 4. The van der Waals surface area contributed by atoms with Gasteiger partial charge in [-0.1, -0.05) is 43.0 Å². The molecule has 0 unspecified atom stereocenters. The fourth-order valence-corrected chi connectivity index (χ4v) is 0.991. The van der Waals surface area contributed by atoms with Gasteiger partial charge in [-0.05, 0) is 5.56 Å². The molecule has 14 heavy (non-hydrogen) atoms. The lowest BCUT2D eigenvalue weighted by atomic mass is 10.1. The maximum absolute atomic E-state index is 11.2. The molecule has 1 N–H and O–H groups in total. The van der Waals surface area contributed by atoms with Crippen LogP contribution in [-0.2, 0) is 9.53 Å². The molecular weight excluding hydrogens is 180 g/mol. The highest BCUT2D eigenvalue weighted by Crippen LogP contribution is 2.13. The molecule has 1 rings (SSSR count). The van der Waals surface area contributed by atoms with Gasteiger partial charge >= 0.3 is 5.97 Å². The lowest BCUT2D eigenvalue weighted by Gasteiger charge is -2.09. The minimum atomic E-state index is -1.21. The van der Waals surface area contributed by atoms with Crippen molar-refractivity contribution in [3.05, 3.63) is 48.6 Å². The van der Waals surface area contributed by atoms with Gasteiger partial charge in [0.15, 0.2) is 6.10 Å². The Labute approximate surface area is 82.6 Å². The number of benzene rings is 1. The Morgan fingerprint density at radius 2 is 2.14 bits per heavy atom. The summed E-state index contributed by atoms with van der Waals surface area (Å²) in [5.41, 5.74) is 0.529. The zero-order valence-electron chi connectivity index (χ0n) is 7.72. The van der Waals surface area contributed by atoms with Gasteiger partial charge in [0.25, 0.3) is 0 Å². The molecular formula is C11H12O3. The highest BCUT2D eigenvalue weighted by atomic mass is 16.5. The van der Waals surface area contributed by atoms with Crippen LogP contribution in [-0.4, -0.2) is 17.7 Å². The Morgan fingerprint density at radius 1 is 1.50 bits per heavy atom. The Morgan fingerprint density at radius 3 is 2.71 bits per heavy atom. The van der Waals surface area contributed by atoms with Crippen molar-refractivity contribution in [3.63, 3.8) is 0 Å². The van der Waals surface area contributed by atoms with E-state index in [1.807, 2.05) is 6.07 Å². The van der Waals surface area contributed by atoms with Gasteiger partial charge in [-0.2, -0.15) is 0 Å². The van der Waals surface area contributed by atoms with Crippen molar-refractivity contribution in [1.29, 1.82) is 0 Å². The molecule has 0 aliphatic rings. The normalized spacial score (nSPS) is 11.8. The quantitative estimate of drug-likeness (QED) is 0.580. The molecule has 74 valence electrons. The van der Waals surface area contributed by atoms with Crippen LogP contribution in [0.4, 0.5) is 0 Å². The van der Waals surface area contributed by atoms with Gasteiger partial charge in [-0.15, -0.1) is 0 Å². The van der Waals surface area contributed by atoms with E-state index in [4.69, 9.17) is 4.74 Å². The number of carbonyl (C=O) groups excluding carboxylic acids is 1. The lowest BCUT2D eigenvalue weighted by molar-refractivity contribution is -0.152. The topological polar surface area (TPSA) is 46.5 Å². The number of aliphatic hydroxyl groups excluding tert-OH is 1. The average Bonchev–Trinajstić information content (AvgIpc) is 2.26. The van der Waals surface area contributed by atoms with Crippen molar-refractivity contribution in [1.82, 2.24) is 0 Å². The van der Waals surface area contributed by atoms with Gasteiger partial charge in [-0.25, -0.2) is 4.79 Å². The third kappa shape index (κ3) is 2.71. The highest BCUT2D eigenvalue weighted by molar-refractivity contribution is 5.76. The number of hydrogen-bond acceptors (Lipinski definition) is 3. The van der Waals surface area contributed by atoms with Crippen LogP contribution in [0.2, 0.25) is 0 Å². The maximum atomic E-state index is 11.2. The number of aliphatic hydroxyl groups is 1. The molecule has 3 nitrogen and oxygen atoms in total. The molecule has 1 aromatic rings. The van der Waals surface area contributed by atoms with Crippen molar-refractivity contribution in [2.75, 3.05) is 6.61 Å². The molecule has 0 amide bonds. The fourth-order valence-electron chi connectivity index (χ4n) is 0.991. The van der Waals surface area contributed by atoms with Crippen LogP contribution >= 0.6 is 0 Å². The fraction of sp³-hybridized carbons (Fsp3) is 0.182. The standard InChI is InChI=1S/C11H12O3/c1-2-8-14-11(13)10(12)9-6-4-3-5-7-9/h2-7,10,12H,1,8H2/t10-/m1/s1. The number of carbonyl (C=O) groups is 1. The van der Waals surface area contributed by atoms with E-state index < -0.39 is 12.1 Å². The van der Waals surface area contributed by atoms with E-state index >= 15 is 0 Å². The van der Waals surface area contributed by atoms with Gasteiger partial charge in [0.1, 0.15) is 6.61 Å². The monoisotopic (exact) mass is 192 g/mol. The van der Waals surface area contributed by atoms with Crippen LogP contribution in [0, 0.1) is 0 Å². The molecule has 3 heteroatoms. The average molecular weight is 192 g/mol. The first-order chi connectivity index (χ1) is 6.75. The largest absolute Gasteiger partial charge is 0.459 e. The van der Waals surface area contributed by atoms with E-state index in [-0.39, 0.29) is 6.61 Å². The maximum Gasteiger partial charge on any atom is 0.339 e. The van der Waals surface area contributed by atoms with Crippen LogP contribution in [0.15, 0.2) is 43.0 Å². The van der Waals surface area contributed by atoms with Crippen LogP contribution in [0.3, 0.4) is 0 Å². The van der Waals surface area contributed by atoms with Crippen molar-refractivity contribution < 1.29 is 14.6 Å². The zero-order valence-corrected chi connectivity index (χ0v) is 7.72. The van der Waals surface area contributed by atoms with Gasteiger partial charge in [0.2, 0.25) is 0 Å². The third-order valence-corrected chi connectivity index (χ3v) is 1.68. The molecule has 0 radical (unpaired) electrons. The third-order valence-electron chi connectivity index (χ3n) is 1.68. The van der Waals surface area contributed by atoms with Crippen molar-refractivity contribution >= 4 is 5.97 Å². The van der Waals surface area contributed by atoms with Crippen molar-refractivity contribution in [2.45, 2.75) is 6.10 Å². The Bertz CT molecular complexity index is 306. The zero-order chi connectivity index (χ0) is 10.4. The van der Waals surface area contributed by atoms with Crippen LogP contribution in [0.25, 0.3) is 0 Å². The number of esters is 1. The van der Waals surface area contributed by atoms with E-state index in [1.165, 1.54) is 6.08 Å². The summed E-state index contributed by atoms with van der Waals surface area (Å²) >= 11 is 0. The number of ether oxygens (including phenoxy) is 1. The summed E-state index contributed by atoms with van der Waals surface area (Å²) in [4.78, 5) is 11.2. The first-order valence-corrected chi connectivity index (χ1v) is 4.26. The van der Waals surface area contributed by atoms with E-state index in [0.29, 0.717) is 5.56 Å². The second kappa shape index (κ2) is 5.19. The first kappa shape index (κ1) is 10.5. The molecule has 0 aliphatic carbocycles. The molecule has 0 bridgehead atoms. The molecule has 0 aromatic heterocycles. The molecule has 0 aliphatic heterocycles. The van der Waals surface area contributed by atoms with Gasteiger partial charge in [-0.3, -0.25) is 0 Å². The summed E-state index contributed by atoms with van der Waals surface area (Å²) in [5, 5.41) is 9.51. The molecule has 1 atom stereocenters. The molecule has 0 saturated heterocycles. The predicted molar refractivity (Wildman–Crippen MR) is 52.6 cm³/mol. The van der Waals surface area contributed by atoms with Gasteiger partial charge in [0.05, 0.1) is 0 Å². The number of hydrogen-bond donors (Lipinski definition) is 1. The van der Waals surface area contributed by atoms with Gasteiger partial charge in [0, 0.05) is 0 Å². The van der Waals surface area contributed by atoms with E-state index in [1.54, 1.807) is 24.3 Å². The van der Waals surface area contributed by atoms with E-state index in [0.717, 1.165) is 0 Å². The smallest absolute Gasteiger partial charge is 0.339 e. The predicted octanol–water partition coefficient (Wildman–Crippen LogP) is 1.45. The Kier molecular flexibility index (Phi) is 3.88. The van der Waals surface area contributed by atoms with Crippen molar-refractivity contribution in [2.24, 2.45) is 0 Å². The highest BCUT2D eigenvalue weighted by Gasteiger charge is 2.17. The molecule has 0 spiro atoms. The summed E-state index contributed by atoms with van der Waals surface area (Å²) in [6.07, 6.45) is 0.242. The summed E-state index contributed by atoms with van der Waals surface area (Å²) in [6.45, 7) is 3.52. The Hall–Kier alpha value is -1.61. The molecule has 0 saturated carbocycles. The summed E-state index contributed by atoms with van der Waals surface area (Å²) in [5.74, 6) is -0.656. The minimum absolute atomic E-state index is 0.114. The minimum Gasteiger partial charge on any atom is -0.459 e. The van der Waals surface area contributed by atoms with E-state index in [2.05, 4.69) is 6.58 Å². The molecule has 0 fully saturated rings. The molecule has 0 heterocycles. The van der Waals surface area contributed by atoms with Crippen LogP contribution in [0.1, 0.15) is 11.7 Å². The lowest BCUT2D eigenvalue weighted by Crippen LogP contribution is -2.15. The Balaban J connectivity index is 2.61. The molecule has 1 aromatic carbocycles. The van der Waals surface area contributed by atoms with Crippen LogP contribution in [0.5, 0.6) is 0 Å². The first-order valence-electron chi connectivity index (χ1n) is 4.26. The summed E-state index contributed by atoms with van der Waals surface area (Å²) in [6, 6.07) is 8.64. The van der Waals surface area contributed by atoms with Crippen LogP contribution < -0.4 is 0 Å². The van der Waals surface area contributed by atoms with Gasteiger partial charge < -0.3 is 9.84 Å². The van der Waals surface area contributed by atoms with Crippen molar-refractivity contribution in [3.8, 4) is 0 Å². The second-order valence-corrected chi connectivity index (χ2v) is 2.73. The summed E-state index contributed by atoms with van der Waals surface area (Å²) in [7, 11) is 0. The SMILES string of the molecule is C=CCOC(=O)[C@H](O)c1ccccc1. The summed E-state index contributed by atoms with van der Waals surface area (Å²) < 4.78 is 4.70. The van der Waals surface area contributed by atoms with E-state index in [9.17, 15) is 9.90 Å². The second-order valence-electron chi connectivity index (χ2n) is 2.73.